The molecule has 3 rings (SSSR count). The lowest BCUT2D eigenvalue weighted by Crippen LogP contribution is -2.22. The van der Waals surface area contributed by atoms with Gasteiger partial charge in [0.05, 0.1) is 4.90 Å². The number of nitrogens with zero attached hydrogens (tertiary/aromatic N) is 3. The molecule has 0 saturated carbocycles. The Morgan fingerprint density at radius 2 is 2.00 bits per heavy atom. The van der Waals surface area contributed by atoms with Crippen LogP contribution in [0.4, 0.5) is 14.6 Å². The molecular formula is C16H10F2N4O3S2. The van der Waals surface area contributed by atoms with Crippen molar-refractivity contribution < 1.29 is 18.5 Å². The Bertz CT molecular complexity index is 999. The fourth-order valence-electron chi connectivity index (χ4n) is 2.01. The molecule has 3 aromatic rings. The highest BCUT2D eigenvalue weighted by atomic mass is 32.2. The summed E-state index contributed by atoms with van der Waals surface area (Å²) in [4.78, 5) is 29.4. The van der Waals surface area contributed by atoms with Crippen molar-refractivity contribution in [2.75, 3.05) is 0 Å². The van der Waals surface area contributed by atoms with E-state index >= 15 is 0 Å². The van der Waals surface area contributed by atoms with E-state index in [0.29, 0.717) is 11.8 Å². The molecule has 0 bridgehead atoms. The number of nitro groups is 1. The first-order chi connectivity index (χ1) is 13.0. The van der Waals surface area contributed by atoms with Gasteiger partial charge in [-0.05, 0) is 21.5 Å². The number of rotatable bonds is 6. The average molecular weight is 408 g/mol. The van der Waals surface area contributed by atoms with Crippen molar-refractivity contribution in [2.24, 2.45) is 0 Å². The number of nitrogens with one attached hydrogen (secondary N) is 1. The van der Waals surface area contributed by atoms with E-state index in [2.05, 4.69) is 15.3 Å². The molecule has 138 valence electrons. The summed E-state index contributed by atoms with van der Waals surface area (Å²) in [7, 11) is 0. The molecule has 2 heterocycles. The number of amides is 1. The van der Waals surface area contributed by atoms with Crippen molar-refractivity contribution in [1.82, 2.24) is 15.3 Å². The van der Waals surface area contributed by atoms with E-state index in [-0.39, 0.29) is 20.7 Å². The zero-order valence-electron chi connectivity index (χ0n) is 13.4. The molecular weight excluding hydrogens is 398 g/mol. The van der Waals surface area contributed by atoms with Gasteiger partial charge in [0.15, 0.2) is 10.0 Å². The molecule has 0 aliphatic heterocycles. The lowest BCUT2D eigenvalue weighted by Gasteiger charge is -2.01. The first-order valence-corrected chi connectivity index (χ1v) is 9.04. The Morgan fingerprint density at radius 3 is 2.70 bits per heavy atom. The fraction of sp³-hybridized carbons (Fsp3) is 0.0625. The minimum absolute atomic E-state index is 0.0330. The lowest BCUT2D eigenvalue weighted by atomic mass is 10.2. The van der Waals surface area contributed by atoms with Gasteiger partial charge in [0, 0.05) is 12.7 Å². The normalized spacial score (nSPS) is 10.6. The summed E-state index contributed by atoms with van der Waals surface area (Å²) >= 11 is 1.34. The van der Waals surface area contributed by atoms with Crippen molar-refractivity contribution in [3.05, 3.63) is 75.0 Å². The summed E-state index contributed by atoms with van der Waals surface area (Å²) in [6.07, 6.45) is 1.04. The maximum absolute atomic E-state index is 13.8. The summed E-state index contributed by atoms with van der Waals surface area (Å²) in [5.74, 6) is -3.72. The maximum Gasteiger partial charge on any atom is 0.389 e. The summed E-state index contributed by atoms with van der Waals surface area (Å²) < 4.78 is 27.0. The van der Waals surface area contributed by atoms with Crippen LogP contribution in [0.3, 0.4) is 0 Å². The van der Waals surface area contributed by atoms with E-state index in [0.717, 1.165) is 23.1 Å². The molecule has 0 aliphatic rings. The summed E-state index contributed by atoms with van der Waals surface area (Å²) in [5, 5.41) is 13.7. The standard InChI is InChI=1S/C16H10F2N4O3S2/c17-11-10(6-7-19-12(11)18)26-16-13(22(24)25)21-15(27-16)14(23)20-8-9-4-2-1-3-5-9/h1-7H,8H2,(H,20,23). The van der Waals surface area contributed by atoms with E-state index in [1.165, 1.54) is 6.07 Å². The summed E-state index contributed by atoms with van der Waals surface area (Å²) in [6.45, 7) is 0.222. The van der Waals surface area contributed by atoms with Crippen LogP contribution in [0.1, 0.15) is 15.4 Å². The van der Waals surface area contributed by atoms with Gasteiger partial charge in [-0.3, -0.25) is 4.79 Å². The average Bonchev–Trinajstić information content (AvgIpc) is 3.09. The second-order valence-corrected chi connectivity index (χ2v) is 7.38. The largest absolute Gasteiger partial charge is 0.389 e. The van der Waals surface area contributed by atoms with E-state index in [1.54, 1.807) is 0 Å². The number of carbonyl (C=O) groups is 1. The topological polar surface area (TPSA) is 98.0 Å². The Kier molecular flexibility index (Phi) is 5.72. The lowest BCUT2D eigenvalue weighted by molar-refractivity contribution is -0.391. The molecule has 0 fully saturated rings. The van der Waals surface area contributed by atoms with Crippen LogP contribution in [-0.4, -0.2) is 20.8 Å². The Labute approximate surface area is 159 Å². The van der Waals surface area contributed by atoms with Gasteiger partial charge in [-0.2, -0.15) is 4.39 Å². The van der Waals surface area contributed by atoms with Crippen LogP contribution in [0.5, 0.6) is 0 Å². The number of benzene rings is 1. The molecule has 7 nitrogen and oxygen atoms in total. The molecule has 1 aromatic carbocycles. The molecule has 2 aromatic heterocycles. The van der Waals surface area contributed by atoms with Gasteiger partial charge in [-0.25, -0.2) is 9.37 Å². The zero-order chi connectivity index (χ0) is 19.4. The highest BCUT2D eigenvalue weighted by Gasteiger charge is 2.28. The zero-order valence-corrected chi connectivity index (χ0v) is 15.0. The maximum atomic E-state index is 13.8. The van der Waals surface area contributed by atoms with Crippen LogP contribution in [0.15, 0.2) is 51.7 Å². The van der Waals surface area contributed by atoms with Gasteiger partial charge in [0.25, 0.3) is 5.01 Å². The number of carbonyl (C=O) groups excluding carboxylic acids is 1. The molecule has 0 saturated heterocycles. The first kappa shape index (κ1) is 18.9. The SMILES string of the molecule is O=C(NCc1ccccc1)c1nc([N+](=O)[O-])c(Sc2ccnc(F)c2F)s1. The monoisotopic (exact) mass is 408 g/mol. The van der Waals surface area contributed by atoms with Crippen LogP contribution < -0.4 is 5.32 Å². The summed E-state index contributed by atoms with van der Waals surface area (Å²) in [5.41, 5.74) is 0.848. The van der Waals surface area contributed by atoms with Crippen LogP contribution in [-0.2, 0) is 6.54 Å². The highest BCUT2D eigenvalue weighted by Crippen LogP contribution is 2.40. The predicted octanol–water partition coefficient (Wildman–Crippen LogP) is 3.81. The van der Waals surface area contributed by atoms with Gasteiger partial charge >= 0.3 is 11.7 Å². The van der Waals surface area contributed by atoms with Crippen LogP contribution >= 0.6 is 23.1 Å². The predicted molar refractivity (Wildman–Crippen MR) is 94.7 cm³/mol. The molecule has 1 N–H and O–H groups in total. The Morgan fingerprint density at radius 1 is 1.26 bits per heavy atom. The number of thiazole rings is 1. The van der Waals surface area contributed by atoms with E-state index in [9.17, 15) is 23.7 Å². The Hall–Kier alpha value is -2.92. The van der Waals surface area contributed by atoms with E-state index in [4.69, 9.17) is 0 Å². The molecule has 0 aliphatic carbocycles. The van der Waals surface area contributed by atoms with Crippen LogP contribution in [0.25, 0.3) is 0 Å². The quantitative estimate of drug-likeness (QED) is 0.378. The summed E-state index contributed by atoms with van der Waals surface area (Å²) in [6, 6.07) is 10.3. The number of pyridine rings is 1. The third kappa shape index (κ3) is 4.44. The van der Waals surface area contributed by atoms with Gasteiger partial charge in [-0.15, -0.1) is 0 Å². The van der Waals surface area contributed by atoms with Crippen molar-refractivity contribution in [3.8, 4) is 0 Å². The smallest absolute Gasteiger partial charge is 0.358 e. The third-order valence-corrected chi connectivity index (χ3v) is 5.50. The van der Waals surface area contributed by atoms with Crippen molar-refractivity contribution >= 4 is 34.8 Å². The van der Waals surface area contributed by atoms with E-state index < -0.39 is 28.4 Å². The van der Waals surface area contributed by atoms with Gasteiger partial charge in [0.2, 0.25) is 5.95 Å². The second kappa shape index (κ2) is 8.18. The van der Waals surface area contributed by atoms with Crippen LogP contribution in [0.2, 0.25) is 0 Å². The third-order valence-electron chi connectivity index (χ3n) is 3.26. The molecule has 0 spiro atoms. The second-order valence-electron chi connectivity index (χ2n) is 5.07. The van der Waals surface area contributed by atoms with Crippen LogP contribution in [0, 0.1) is 21.9 Å². The first-order valence-electron chi connectivity index (χ1n) is 7.41. The number of hydrogen-bond acceptors (Lipinski definition) is 7. The van der Waals surface area contributed by atoms with Crippen molar-refractivity contribution in [2.45, 2.75) is 15.6 Å². The van der Waals surface area contributed by atoms with E-state index in [1.807, 2.05) is 30.3 Å². The number of hydrogen-bond donors (Lipinski definition) is 1. The fourth-order valence-corrected chi connectivity index (χ4v) is 4.08. The van der Waals surface area contributed by atoms with Gasteiger partial charge in [0.1, 0.15) is 0 Å². The molecule has 0 atom stereocenters. The molecule has 1 amide bonds. The minimum Gasteiger partial charge on any atom is -0.358 e. The molecule has 27 heavy (non-hydrogen) atoms. The molecule has 0 radical (unpaired) electrons. The van der Waals surface area contributed by atoms with Gasteiger partial charge < -0.3 is 15.4 Å². The minimum atomic E-state index is -1.31. The molecule has 11 heteroatoms. The Balaban J connectivity index is 1.81. The van der Waals surface area contributed by atoms with Gasteiger partial charge in [-0.1, -0.05) is 53.4 Å². The highest BCUT2D eigenvalue weighted by molar-refractivity contribution is 8.01. The van der Waals surface area contributed by atoms with Crippen molar-refractivity contribution in [3.63, 3.8) is 0 Å². The molecule has 0 unspecified atom stereocenters. The van der Waals surface area contributed by atoms with Crippen molar-refractivity contribution in [1.29, 1.82) is 0 Å². The number of aromatic nitrogens is 2. The number of halogens is 2.